The van der Waals surface area contributed by atoms with Crippen molar-refractivity contribution in [2.75, 3.05) is 39.4 Å². The Balaban J connectivity index is 1.18. The zero-order valence-corrected chi connectivity index (χ0v) is 19.2. The molecule has 1 saturated carbocycles. The van der Waals surface area contributed by atoms with Gasteiger partial charge in [0, 0.05) is 50.9 Å². The number of hydrogen-bond donors (Lipinski definition) is 3. The molecule has 2 aliphatic heterocycles. The first-order valence-corrected chi connectivity index (χ1v) is 12.2. The molecule has 0 spiro atoms. The largest absolute Gasteiger partial charge is 0.535 e. The summed E-state index contributed by atoms with van der Waals surface area (Å²) in [6.07, 6.45) is 5.55. The molecule has 1 saturated heterocycles. The third kappa shape index (κ3) is 6.56. The topological polar surface area (TPSA) is 108 Å². The minimum absolute atomic E-state index is 0.0478. The maximum absolute atomic E-state index is 12.7. The fourth-order valence-corrected chi connectivity index (χ4v) is 5.35. The third-order valence-electron chi connectivity index (χ3n) is 7.27. The van der Waals surface area contributed by atoms with Crippen molar-refractivity contribution < 1.29 is 29.1 Å². The lowest BCUT2D eigenvalue weighted by Crippen LogP contribution is -2.43. The van der Waals surface area contributed by atoms with E-state index in [9.17, 15) is 19.7 Å². The molecule has 2 fully saturated rings. The lowest BCUT2D eigenvalue weighted by Gasteiger charge is -2.31. The van der Waals surface area contributed by atoms with Gasteiger partial charge in [-0.05, 0) is 49.7 Å². The Morgan fingerprint density at radius 3 is 2.61 bits per heavy atom. The van der Waals surface area contributed by atoms with Crippen molar-refractivity contribution in [3.63, 3.8) is 0 Å². The highest BCUT2D eigenvalue weighted by Crippen LogP contribution is 2.37. The van der Waals surface area contributed by atoms with Crippen LogP contribution in [0.3, 0.4) is 0 Å². The number of para-hydroxylation sites is 1. The highest BCUT2D eigenvalue weighted by Gasteiger charge is 2.38. The molecular formula is C24H35BN2O6. The Kier molecular flexibility index (Phi) is 8.41. The molecule has 0 radical (unpaired) electrons. The minimum atomic E-state index is -1.16. The van der Waals surface area contributed by atoms with Crippen LogP contribution in [0, 0.1) is 5.92 Å². The molecule has 33 heavy (non-hydrogen) atoms. The molecule has 2 heterocycles. The first-order valence-electron chi connectivity index (χ1n) is 12.2. The maximum atomic E-state index is 12.7. The lowest BCUT2D eigenvalue weighted by atomic mass is 9.64. The van der Waals surface area contributed by atoms with E-state index in [0.717, 1.165) is 70.6 Å². The van der Waals surface area contributed by atoms with Crippen LogP contribution in [0.25, 0.3) is 0 Å². The molecule has 3 N–H and O–H groups in total. The van der Waals surface area contributed by atoms with Gasteiger partial charge in [-0.1, -0.05) is 12.1 Å². The third-order valence-corrected chi connectivity index (χ3v) is 7.27. The first-order chi connectivity index (χ1) is 16.0. The van der Waals surface area contributed by atoms with Gasteiger partial charge in [0.15, 0.2) is 0 Å². The number of carbonyl (C=O) groups excluding carboxylic acids is 1. The molecule has 4 rings (SSSR count). The van der Waals surface area contributed by atoms with Crippen molar-refractivity contribution in [2.45, 2.75) is 56.8 Å². The molecule has 1 aromatic rings. The summed E-state index contributed by atoms with van der Waals surface area (Å²) >= 11 is 0. The van der Waals surface area contributed by atoms with Crippen LogP contribution in [-0.4, -0.2) is 79.3 Å². The summed E-state index contributed by atoms with van der Waals surface area (Å²) in [4.78, 5) is 26.6. The number of nitrogens with zero attached hydrogens (tertiary/aromatic N) is 1. The summed E-state index contributed by atoms with van der Waals surface area (Å²) in [5.41, 5.74) is 0.785. The van der Waals surface area contributed by atoms with Crippen molar-refractivity contribution in [3.8, 4) is 5.75 Å². The fourth-order valence-electron chi connectivity index (χ4n) is 5.35. The Morgan fingerprint density at radius 2 is 1.88 bits per heavy atom. The van der Waals surface area contributed by atoms with Gasteiger partial charge in [0.2, 0.25) is 0 Å². The van der Waals surface area contributed by atoms with E-state index >= 15 is 0 Å². The van der Waals surface area contributed by atoms with Gasteiger partial charge in [-0.15, -0.1) is 0 Å². The van der Waals surface area contributed by atoms with Crippen molar-refractivity contribution in [1.82, 2.24) is 10.2 Å². The number of nitrogens with one attached hydrogen (secondary N) is 1. The maximum Gasteiger partial charge on any atom is 0.526 e. The van der Waals surface area contributed by atoms with E-state index in [-0.39, 0.29) is 29.3 Å². The molecule has 1 aromatic carbocycles. The van der Waals surface area contributed by atoms with Crippen LogP contribution in [-0.2, 0) is 16.0 Å². The van der Waals surface area contributed by atoms with Crippen molar-refractivity contribution in [2.24, 2.45) is 5.92 Å². The Hall–Kier alpha value is -1.94. The predicted octanol–water partition coefficient (Wildman–Crippen LogP) is 2.00. The Morgan fingerprint density at radius 1 is 1.12 bits per heavy atom. The monoisotopic (exact) mass is 458 g/mol. The van der Waals surface area contributed by atoms with Crippen molar-refractivity contribution >= 4 is 18.9 Å². The Labute approximate surface area is 195 Å². The molecule has 0 unspecified atom stereocenters. The van der Waals surface area contributed by atoms with E-state index in [2.05, 4.69) is 10.2 Å². The molecule has 3 aliphatic rings. The quantitative estimate of drug-likeness (QED) is 0.483. The SMILES string of the molecule is O=C(CC1CCC(NCCN2CCOCC2)CC1)C[C@H]1Cc2cccc(C(=O)O)c2OB1O. The van der Waals surface area contributed by atoms with Crippen molar-refractivity contribution in [3.05, 3.63) is 29.3 Å². The van der Waals surface area contributed by atoms with Crippen molar-refractivity contribution in [1.29, 1.82) is 0 Å². The number of Topliss-reactive ketones (excluding diaryl/α,β-unsaturated/α-hetero) is 1. The molecule has 180 valence electrons. The normalized spacial score (nSPS) is 25.8. The summed E-state index contributed by atoms with van der Waals surface area (Å²) in [5, 5.41) is 23.4. The van der Waals surface area contributed by atoms with Crippen LogP contribution in [0.4, 0.5) is 0 Å². The fraction of sp³-hybridized carbons (Fsp3) is 0.667. The van der Waals surface area contributed by atoms with Gasteiger partial charge in [-0.3, -0.25) is 9.69 Å². The first kappa shape index (κ1) is 24.2. The standard InChI is InChI=1S/C24H35BN2O6/c28-21(16-19-15-18-2-1-3-22(24(29)30)23(18)33-25(19)31)14-17-4-6-20(7-5-17)26-8-9-27-10-12-32-13-11-27/h1-3,17,19-20,26,31H,4-16H2,(H,29,30)/t17?,19-,20?/m1/s1. The molecule has 1 atom stereocenters. The van der Waals surface area contributed by atoms with Gasteiger partial charge in [0.25, 0.3) is 0 Å². The number of ether oxygens (including phenoxy) is 1. The van der Waals surface area contributed by atoms with Gasteiger partial charge >= 0.3 is 13.1 Å². The lowest BCUT2D eigenvalue weighted by molar-refractivity contribution is -0.120. The second-order valence-electron chi connectivity index (χ2n) is 9.64. The minimum Gasteiger partial charge on any atom is -0.535 e. The number of ketones is 1. The summed E-state index contributed by atoms with van der Waals surface area (Å²) in [6.45, 7) is 5.76. The van der Waals surface area contributed by atoms with Crippen LogP contribution in [0.15, 0.2) is 18.2 Å². The summed E-state index contributed by atoms with van der Waals surface area (Å²) < 4.78 is 10.9. The van der Waals surface area contributed by atoms with Crippen LogP contribution in [0.2, 0.25) is 5.82 Å². The van der Waals surface area contributed by atoms with Gasteiger partial charge in [-0.2, -0.15) is 0 Å². The smallest absolute Gasteiger partial charge is 0.526 e. The number of morpholine rings is 1. The number of benzene rings is 1. The van der Waals surface area contributed by atoms with Crippen LogP contribution in [0.5, 0.6) is 5.75 Å². The second kappa shape index (κ2) is 11.5. The number of carbonyl (C=O) groups is 2. The average Bonchev–Trinajstić information content (AvgIpc) is 2.81. The molecular weight excluding hydrogens is 423 g/mol. The van der Waals surface area contributed by atoms with Gasteiger partial charge < -0.3 is 24.8 Å². The van der Waals surface area contributed by atoms with Crippen LogP contribution in [0.1, 0.15) is 54.4 Å². The number of hydrogen-bond acceptors (Lipinski definition) is 7. The number of carboxylic acid groups (broad SMARTS) is 1. The van der Waals surface area contributed by atoms with E-state index in [0.29, 0.717) is 24.8 Å². The molecule has 1 aliphatic carbocycles. The number of fused-ring (bicyclic) bond motifs is 1. The average molecular weight is 458 g/mol. The summed E-state index contributed by atoms with van der Waals surface area (Å²) in [5.74, 6) is -0.640. The highest BCUT2D eigenvalue weighted by atomic mass is 16.5. The van der Waals surface area contributed by atoms with Gasteiger partial charge in [-0.25, -0.2) is 4.79 Å². The molecule has 8 nitrogen and oxygen atoms in total. The molecule has 0 bridgehead atoms. The second-order valence-corrected chi connectivity index (χ2v) is 9.64. The highest BCUT2D eigenvalue weighted by molar-refractivity contribution is 6.47. The Bertz CT molecular complexity index is 823. The van der Waals surface area contributed by atoms with E-state index in [1.54, 1.807) is 12.1 Å². The van der Waals surface area contributed by atoms with E-state index in [4.69, 9.17) is 9.39 Å². The zero-order chi connectivity index (χ0) is 23.2. The van der Waals surface area contributed by atoms with Gasteiger partial charge in [0.05, 0.1) is 18.8 Å². The van der Waals surface area contributed by atoms with E-state index in [1.165, 1.54) is 6.07 Å². The number of rotatable bonds is 9. The predicted molar refractivity (Wildman–Crippen MR) is 125 cm³/mol. The van der Waals surface area contributed by atoms with E-state index in [1.807, 2.05) is 0 Å². The molecule has 0 amide bonds. The van der Waals surface area contributed by atoms with Crippen LogP contribution >= 0.6 is 0 Å². The van der Waals surface area contributed by atoms with Gasteiger partial charge in [0.1, 0.15) is 11.5 Å². The number of aromatic carboxylic acids is 1. The van der Waals surface area contributed by atoms with E-state index < -0.39 is 13.1 Å². The zero-order valence-electron chi connectivity index (χ0n) is 19.2. The van der Waals surface area contributed by atoms with Crippen LogP contribution < -0.4 is 9.97 Å². The summed E-state index contributed by atoms with van der Waals surface area (Å²) in [6, 6.07) is 5.48. The number of carboxylic acids is 1. The molecule has 0 aromatic heterocycles. The molecule has 9 heteroatoms. The summed E-state index contributed by atoms with van der Waals surface area (Å²) in [7, 11) is -1.16.